The van der Waals surface area contributed by atoms with E-state index in [-0.39, 0.29) is 0 Å². The van der Waals surface area contributed by atoms with Crippen molar-refractivity contribution in [3.05, 3.63) is 59.7 Å². The van der Waals surface area contributed by atoms with E-state index in [2.05, 4.69) is 0 Å². The maximum atomic E-state index is 13.4. The van der Waals surface area contributed by atoms with Crippen LogP contribution in [-0.2, 0) is 6.54 Å². The predicted octanol–water partition coefficient (Wildman–Crippen LogP) is 3.98. The second-order valence-corrected chi connectivity index (χ2v) is 5.61. The SMILES string of the molecule is NCc1ccc(OCCCSc2ccc(F)cc2F)cc1. The lowest BCUT2D eigenvalue weighted by atomic mass is 10.2. The van der Waals surface area contributed by atoms with Gasteiger partial charge in [0.2, 0.25) is 0 Å². The van der Waals surface area contributed by atoms with Crippen molar-refractivity contribution in [2.75, 3.05) is 12.4 Å². The first-order chi connectivity index (χ1) is 10.2. The maximum absolute atomic E-state index is 13.4. The summed E-state index contributed by atoms with van der Waals surface area (Å²) in [6, 6.07) is 11.3. The summed E-state index contributed by atoms with van der Waals surface area (Å²) in [7, 11) is 0. The number of ether oxygens (including phenoxy) is 1. The monoisotopic (exact) mass is 309 g/mol. The summed E-state index contributed by atoms with van der Waals surface area (Å²) in [5.74, 6) is 0.438. The smallest absolute Gasteiger partial charge is 0.139 e. The van der Waals surface area contributed by atoms with Gasteiger partial charge >= 0.3 is 0 Å². The van der Waals surface area contributed by atoms with Gasteiger partial charge in [0, 0.05) is 23.3 Å². The minimum Gasteiger partial charge on any atom is -0.494 e. The maximum Gasteiger partial charge on any atom is 0.139 e. The van der Waals surface area contributed by atoms with Crippen LogP contribution in [0.5, 0.6) is 5.75 Å². The fraction of sp³-hybridized carbons (Fsp3) is 0.250. The number of hydrogen-bond donors (Lipinski definition) is 1. The van der Waals surface area contributed by atoms with E-state index < -0.39 is 11.6 Å². The molecule has 0 aliphatic rings. The molecule has 0 spiro atoms. The van der Waals surface area contributed by atoms with Crippen molar-refractivity contribution in [3.8, 4) is 5.75 Å². The fourth-order valence-corrected chi connectivity index (χ4v) is 2.59. The van der Waals surface area contributed by atoms with Crippen molar-refractivity contribution < 1.29 is 13.5 Å². The standard InChI is InChI=1S/C16H17F2NOS/c17-13-4-7-16(15(18)10-13)21-9-1-8-20-14-5-2-12(11-19)3-6-14/h2-7,10H,1,8-9,11,19H2. The number of hydrogen-bond acceptors (Lipinski definition) is 3. The van der Waals surface area contributed by atoms with Crippen LogP contribution < -0.4 is 10.5 Å². The van der Waals surface area contributed by atoms with E-state index in [0.717, 1.165) is 23.8 Å². The Balaban J connectivity index is 1.69. The molecule has 0 atom stereocenters. The molecule has 21 heavy (non-hydrogen) atoms. The molecule has 0 bridgehead atoms. The Morgan fingerprint density at radius 2 is 1.81 bits per heavy atom. The first-order valence-electron chi connectivity index (χ1n) is 6.68. The third kappa shape index (κ3) is 5.02. The molecule has 2 aromatic rings. The van der Waals surface area contributed by atoms with Crippen molar-refractivity contribution >= 4 is 11.8 Å². The van der Waals surface area contributed by atoms with Gasteiger partial charge in [-0.2, -0.15) is 0 Å². The highest BCUT2D eigenvalue weighted by molar-refractivity contribution is 7.99. The van der Waals surface area contributed by atoms with Gasteiger partial charge in [-0.3, -0.25) is 0 Å². The molecule has 2 N–H and O–H groups in total. The molecule has 0 heterocycles. The predicted molar refractivity (Wildman–Crippen MR) is 81.5 cm³/mol. The van der Waals surface area contributed by atoms with Crippen LogP contribution in [0.2, 0.25) is 0 Å². The number of rotatable bonds is 7. The van der Waals surface area contributed by atoms with Crippen LogP contribution in [0.25, 0.3) is 0 Å². The Kier molecular flexibility index (Phi) is 6.02. The molecule has 0 amide bonds. The fourth-order valence-electron chi connectivity index (χ4n) is 1.75. The van der Waals surface area contributed by atoms with Crippen molar-refractivity contribution in [1.29, 1.82) is 0 Å². The van der Waals surface area contributed by atoms with Crippen LogP contribution in [0.3, 0.4) is 0 Å². The molecule has 0 saturated heterocycles. The van der Waals surface area contributed by atoms with Crippen LogP contribution in [0, 0.1) is 11.6 Å². The summed E-state index contributed by atoms with van der Waals surface area (Å²) in [5, 5.41) is 0. The molecule has 0 aliphatic carbocycles. The van der Waals surface area contributed by atoms with Crippen molar-refractivity contribution in [2.24, 2.45) is 5.73 Å². The third-order valence-electron chi connectivity index (χ3n) is 2.87. The molecule has 2 aromatic carbocycles. The molecule has 0 fully saturated rings. The van der Waals surface area contributed by atoms with Crippen LogP contribution in [0.1, 0.15) is 12.0 Å². The summed E-state index contributed by atoms with van der Waals surface area (Å²) in [6.45, 7) is 1.07. The number of benzene rings is 2. The number of nitrogens with two attached hydrogens (primary N) is 1. The highest BCUT2D eigenvalue weighted by Gasteiger charge is 2.04. The average molecular weight is 309 g/mol. The molecule has 0 unspecified atom stereocenters. The first kappa shape index (κ1) is 15.8. The van der Waals surface area contributed by atoms with E-state index in [4.69, 9.17) is 10.5 Å². The van der Waals surface area contributed by atoms with Gasteiger partial charge in [0.05, 0.1) is 6.61 Å². The van der Waals surface area contributed by atoms with Gasteiger partial charge < -0.3 is 10.5 Å². The van der Waals surface area contributed by atoms with Gasteiger partial charge in [0.1, 0.15) is 17.4 Å². The average Bonchev–Trinajstić information content (AvgIpc) is 2.49. The van der Waals surface area contributed by atoms with Gasteiger partial charge in [-0.1, -0.05) is 12.1 Å². The molecule has 112 valence electrons. The zero-order valence-electron chi connectivity index (χ0n) is 11.5. The molecule has 5 heteroatoms. The molecular formula is C16H17F2NOS. The van der Waals surface area contributed by atoms with Gasteiger partial charge in [0.15, 0.2) is 0 Å². The van der Waals surface area contributed by atoms with Gasteiger partial charge in [0.25, 0.3) is 0 Å². The van der Waals surface area contributed by atoms with Crippen molar-refractivity contribution in [1.82, 2.24) is 0 Å². The Hall–Kier alpha value is -1.59. The van der Waals surface area contributed by atoms with Crippen LogP contribution in [-0.4, -0.2) is 12.4 Å². The summed E-state index contributed by atoms with van der Waals surface area (Å²) >= 11 is 1.36. The van der Waals surface area contributed by atoms with Crippen molar-refractivity contribution in [2.45, 2.75) is 17.9 Å². The molecule has 0 aliphatic heterocycles. The summed E-state index contributed by atoms with van der Waals surface area (Å²) in [6.07, 6.45) is 0.778. The lowest BCUT2D eigenvalue weighted by molar-refractivity contribution is 0.318. The molecule has 2 rings (SSSR count). The van der Waals surface area contributed by atoms with E-state index in [1.165, 1.54) is 23.9 Å². The zero-order chi connectivity index (χ0) is 15.1. The van der Waals surface area contributed by atoms with E-state index in [1.54, 1.807) is 0 Å². The Bertz CT molecular complexity index is 575. The molecular weight excluding hydrogens is 292 g/mol. The molecule has 0 aromatic heterocycles. The summed E-state index contributed by atoms with van der Waals surface area (Å²) < 4.78 is 31.7. The van der Waals surface area contributed by atoms with Gasteiger partial charge in [-0.15, -0.1) is 11.8 Å². The van der Waals surface area contributed by atoms with E-state index >= 15 is 0 Å². The normalized spacial score (nSPS) is 10.6. The second-order valence-electron chi connectivity index (χ2n) is 4.47. The minimum absolute atomic E-state index is 0.462. The quantitative estimate of drug-likeness (QED) is 0.620. The van der Waals surface area contributed by atoms with Crippen LogP contribution >= 0.6 is 11.8 Å². The zero-order valence-corrected chi connectivity index (χ0v) is 12.3. The van der Waals surface area contributed by atoms with Gasteiger partial charge in [-0.25, -0.2) is 8.78 Å². The number of thioether (sulfide) groups is 1. The van der Waals surface area contributed by atoms with Crippen molar-refractivity contribution in [3.63, 3.8) is 0 Å². The highest BCUT2D eigenvalue weighted by atomic mass is 32.2. The highest BCUT2D eigenvalue weighted by Crippen LogP contribution is 2.23. The third-order valence-corrected chi connectivity index (χ3v) is 4.00. The van der Waals surface area contributed by atoms with E-state index in [1.807, 2.05) is 24.3 Å². The first-order valence-corrected chi connectivity index (χ1v) is 7.67. The minimum atomic E-state index is -0.555. The van der Waals surface area contributed by atoms with Crippen LogP contribution in [0.15, 0.2) is 47.4 Å². The van der Waals surface area contributed by atoms with Gasteiger partial charge in [-0.05, 0) is 36.2 Å². The molecule has 0 saturated carbocycles. The van der Waals surface area contributed by atoms with Crippen LogP contribution in [0.4, 0.5) is 8.78 Å². The Morgan fingerprint density at radius 3 is 2.48 bits per heavy atom. The second kappa shape index (κ2) is 8.00. The Morgan fingerprint density at radius 1 is 1.05 bits per heavy atom. The largest absolute Gasteiger partial charge is 0.494 e. The van der Waals surface area contributed by atoms with E-state index in [0.29, 0.717) is 23.8 Å². The summed E-state index contributed by atoms with van der Waals surface area (Å²) in [4.78, 5) is 0.462. The molecule has 0 radical (unpaired) electrons. The topological polar surface area (TPSA) is 35.2 Å². The lowest BCUT2D eigenvalue weighted by Crippen LogP contribution is -2.00. The Labute approximate surface area is 127 Å². The van der Waals surface area contributed by atoms with E-state index in [9.17, 15) is 8.78 Å². The summed E-state index contributed by atoms with van der Waals surface area (Å²) in [5.41, 5.74) is 6.58. The molecule has 2 nitrogen and oxygen atoms in total. The lowest BCUT2D eigenvalue weighted by Gasteiger charge is -2.07. The number of halogens is 2.